The molecule has 0 saturated carbocycles. The normalized spacial score (nSPS) is 10.7. The second-order valence-electron chi connectivity index (χ2n) is 6.67. The van der Waals surface area contributed by atoms with E-state index in [1.54, 1.807) is 24.3 Å². The van der Waals surface area contributed by atoms with E-state index in [1.807, 2.05) is 13.8 Å². The number of ether oxygens (including phenoxy) is 2. The van der Waals surface area contributed by atoms with Crippen molar-refractivity contribution in [3.8, 4) is 11.1 Å². The van der Waals surface area contributed by atoms with Crippen molar-refractivity contribution >= 4 is 23.3 Å². The Labute approximate surface area is 176 Å². The van der Waals surface area contributed by atoms with Crippen LogP contribution >= 0.6 is 0 Å². The minimum atomic E-state index is -0.570. The largest absolute Gasteiger partial charge is 0.465 e. The Morgan fingerprint density at radius 1 is 0.767 bits per heavy atom. The van der Waals surface area contributed by atoms with Crippen LogP contribution in [0.25, 0.3) is 11.1 Å². The number of hydrogen-bond acceptors (Lipinski definition) is 8. The first-order chi connectivity index (χ1) is 14.4. The number of esters is 2. The molecule has 6 N–H and O–H groups in total. The van der Waals surface area contributed by atoms with Crippen molar-refractivity contribution in [3.63, 3.8) is 0 Å². The van der Waals surface area contributed by atoms with Crippen LogP contribution in [0.4, 0.5) is 11.4 Å². The minimum absolute atomic E-state index is 0.229. The monoisotopic (exact) mass is 414 g/mol. The van der Waals surface area contributed by atoms with Gasteiger partial charge in [0.05, 0.1) is 25.3 Å². The molecule has 0 radical (unpaired) electrons. The van der Waals surface area contributed by atoms with E-state index in [9.17, 15) is 9.59 Å². The molecule has 2 aromatic carbocycles. The molecule has 2 rings (SSSR count). The Kier molecular flexibility index (Phi) is 8.20. The molecular weight excluding hydrogens is 384 g/mol. The lowest BCUT2D eigenvalue weighted by molar-refractivity contribution is 0.0590. The molecule has 0 atom stereocenters. The fourth-order valence-corrected chi connectivity index (χ4v) is 3.25. The molecular formula is C22H30N4O4. The highest BCUT2D eigenvalue weighted by molar-refractivity contribution is 6.09. The smallest absolute Gasteiger partial charge is 0.338 e. The summed E-state index contributed by atoms with van der Waals surface area (Å²) < 4.78 is 9.91. The third-order valence-electron chi connectivity index (χ3n) is 4.86. The maximum Gasteiger partial charge on any atom is 0.338 e. The summed E-state index contributed by atoms with van der Waals surface area (Å²) in [5.74, 6) is -1.14. The SMILES string of the molecule is CCNCc1ccc(C(=O)OC)c(-c2c(C(=O)OC)ccc(CNCC)c2N)c1N. The first-order valence-corrected chi connectivity index (χ1v) is 9.82. The van der Waals surface area contributed by atoms with Crippen molar-refractivity contribution in [1.82, 2.24) is 10.6 Å². The van der Waals surface area contributed by atoms with E-state index in [0.29, 0.717) is 35.6 Å². The molecule has 0 aliphatic carbocycles. The van der Waals surface area contributed by atoms with Crippen LogP contribution in [0.1, 0.15) is 45.7 Å². The van der Waals surface area contributed by atoms with E-state index in [-0.39, 0.29) is 11.1 Å². The van der Waals surface area contributed by atoms with Crippen LogP contribution in [0.15, 0.2) is 24.3 Å². The predicted octanol–water partition coefficient (Wildman–Crippen LogP) is 2.31. The lowest BCUT2D eigenvalue weighted by atomic mass is 9.88. The van der Waals surface area contributed by atoms with Crippen molar-refractivity contribution in [2.24, 2.45) is 0 Å². The van der Waals surface area contributed by atoms with Crippen LogP contribution in [0.5, 0.6) is 0 Å². The number of anilines is 2. The Balaban J connectivity index is 2.87. The Bertz CT molecular complexity index is 852. The van der Waals surface area contributed by atoms with Crippen LogP contribution in [0, 0.1) is 0 Å². The number of nitrogens with two attached hydrogens (primary N) is 2. The van der Waals surface area contributed by atoms with Crippen molar-refractivity contribution < 1.29 is 19.1 Å². The van der Waals surface area contributed by atoms with Gasteiger partial charge in [-0.15, -0.1) is 0 Å². The van der Waals surface area contributed by atoms with Crippen LogP contribution in [-0.4, -0.2) is 39.2 Å². The van der Waals surface area contributed by atoms with E-state index in [0.717, 1.165) is 24.2 Å². The average molecular weight is 415 g/mol. The first-order valence-electron chi connectivity index (χ1n) is 9.82. The molecule has 0 bridgehead atoms. The van der Waals surface area contributed by atoms with E-state index < -0.39 is 11.9 Å². The third kappa shape index (κ3) is 4.72. The van der Waals surface area contributed by atoms with Gasteiger partial charge in [0.2, 0.25) is 0 Å². The molecule has 0 aliphatic rings. The van der Waals surface area contributed by atoms with Gasteiger partial charge in [-0.3, -0.25) is 0 Å². The summed E-state index contributed by atoms with van der Waals surface area (Å²) in [5.41, 5.74) is 16.5. The molecule has 8 nitrogen and oxygen atoms in total. The number of rotatable bonds is 9. The van der Waals surface area contributed by atoms with Crippen LogP contribution in [0.2, 0.25) is 0 Å². The molecule has 0 saturated heterocycles. The fraction of sp³-hybridized carbons (Fsp3) is 0.364. The highest BCUT2D eigenvalue weighted by Gasteiger charge is 2.26. The van der Waals surface area contributed by atoms with Crippen LogP contribution < -0.4 is 22.1 Å². The van der Waals surface area contributed by atoms with Crippen molar-refractivity contribution in [3.05, 3.63) is 46.5 Å². The molecule has 8 heteroatoms. The fourth-order valence-electron chi connectivity index (χ4n) is 3.25. The molecule has 0 aromatic heterocycles. The topological polar surface area (TPSA) is 129 Å². The van der Waals surface area contributed by atoms with Crippen LogP contribution in [0.3, 0.4) is 0 Å². The summed E-state index contributed by atoms with van der Waals surface area (Å²) in [6.45, 7) is 6.47. The number of benzene rings is 2. The highest BCUT2D eigenvalue weighted by Crippen LogP contribution is 2.40. The van der Waals surface area contributed by atoms with Gasteiger partial charge in [-0.25, -0.2) is 9.59 Å². The summed E-state index contributed by atoms with van der Waals surface area (Å²) in [6, 6.07) is 6.82. The van der Waals surface area contributed by atoms with E-state index in [2.05, 4.69) is 10.6 Å². The van der Waals surface area contributed by atoms with Gasteiger partial charge < -0.3 is 31.6 Å². The summed E-state index contributed by atoms with van der Waals surface area (Å²) >= 11 is 0. The second kappa shape index (κ2) is 10.6. The number of nitrogen functional groups attached to an aromatic ring is 2. The average Bonchev–Trinajstić information content (AvgIpc) is 2.76. The molecule has 0 amide bonds. The lowest BCUT2D eigenvalue weighted by Gasteiger charge is -2.21. The number of nitrogens with one attached hydrogen (secondary N) is 2. The predicted molar refractivity (Wildman–Crippen MR) is 118 cm³/mol. The molecule has 0 spiro atoms. The molecule has 0 unspecified atom stereocenters. The Morgan fingerprint density at radius 3 is 1.43 bits per heavy atom. The van der Waals surface area contributed by atoms with Gasteiger partial charge >= 0.3 is 11.9 Å². The van der Waals surface area contributed by atoms with Gasteiger partial charge in [0, 0.05) is 35.6 Å². The van der Waals surface area contributed by atoms with E-state index >= 15 is 0 Å². The zero-order valence-electron chi connectivity index (χ0n) is 17.9. The van der Waals surface area contributed by atoms with E-state index in [4.69, 9.17) is 20.9 Å². The molecule has 2 aromatic rings. The van der Waals surface area contributed by atoms with Gasteiger partial charge in [-0.05, 0) is 36.3 Å². The zero-order valence-corrected chi connectivity index (χ0v) is 17.9. The van der Waals surface area contributed by atoms with Crippen molar-refractivity contribution in [1.29, 1.82) is 0 Å². The zero-order chi connectivity index (χ0) is 22.3. The molecule has 0 aliphatic heterocycles. The van der Waals surface area contributed by atoms with Crippen molar-refractivity contribution in [2.75, 3.05) is 38.8 Å². The Morgan fingerprint density at radius 2 is 1.13 bits per heavy atom. The molecule has 0 fully saturated rings. The van der Waals surface area contributed by atoms with Gasteiger partial charge in [0.25, 0.3) is 0 Å². The quantitative estimate of drug-likeness (QED) is 0.363. The summed E-state index contributed by atoms with van der Waals surface area (Å²) in [6.07, 6.45) is 0. The molecule has 30 heavy (non-hydrogen) atoms. The Hall–Kier alpha value is -3.10. The summed E-state index contributed by atoms with van der Waals surface area (Å²) in [4.78, 5) is 25.1. The highest BCUT2D eigenvalue weighted by atomic mass is 16.5. The first kappa shape index (κ1) is 23.2. The second-order valence-corrected chi connectivity index (χ2v) is 6.67. The van der Waals surface area contributed by atoms with Crippen molar-refractivity contribution in [2.45, 2.75) is 26.9 Å². The molecule has 0 heterocycles. The number of carbonyl (C=O) groups excluding carboxylic acids is 2. The van der Waals surface area contributed by atoms with Crippen LogP contribution in [-0.2, 0) is 22.6 Å². The number of carbonyl (C=O) groups is 2. The van der Waals surface area contributed by atoms with Gasteiger partial charge in [-0.1, -0.05) is 26.0 Å². The number of methoxy groups -OCH3 is 2. The van der Waals surface area contributed by atoms with Gasteiger partial charge in [-0.2, -0.15) is 0 Å². The maximum atomic E-state index is 12.5. The number of hydrogen-bond donors (Lipinski definition) is 4. The third-order valence-corrected chi connectivity index (χ3v) is 4.86. The van der Waals surface area contributed by atoms with Gasteiger partial charge in [0.15, 0.2) is 0 Å². The summed E-state index contributed by atoms with van der Waals surface area (Å²) in [7, 11) is 2.59. The standard InChI is InChI=1S/C22H30N4O4/c1-5-25-11-13-7-9-15(21(27)29-3)17(19(13)23)18-16(22(28)30-4)10-8-14(20(18)24)12-26-6-2/h7-10,25-26H,5-6,11-12,23-24H2,1-4H3. The maximum absolute atomic E-state index is 12.5. The minimum Gasteiger partial charge on any atom is -0.465 e. The summed E-state index contributed by atoms with van der Waals surface area (Å²) in [5, 5.41) is 6.44. The van der Waals surface area contributed by atoms with E-state index in [1.165, 1.54) is 14.2 Å². The molecule has 162 valence electrons. The lowest BCUT2D eigenvalue weighted by Crippen LogP contribution is -2.18. The van der Waals surface area contributed by atoms with Gasteiger partial charge in [0.1, 0.15) is 0 Å².